The molecule has 0 fully saturated rings. The maximum absolute atomic E-state index is 11.9. The van der Waals surface area contributed by atoms with Crippen LogP contribution in [-0.4, -0.2) is 30.1 Å². The second-order valence-electron chi connectivity index (χ2n) is 5.76. The minimum absolute atomic E-state index is 0.164. The zero-order chi connectivity index (χ0) is 17.7. The van der Waals surface area contributed by atoms with Crippen molar-refractivity contribution in [1.82, 2.24) is 0 Å². The Bertz CT molecular complexity index is 726. The van der Waals surface area contributed by atoms with Crippen molar-refractivity contribution in [2.75, 3.05) is 11.9 Å². The van der Waals surface area contributed by atoms with Gasteiger partial charge in [-0.25, -0.2) is 9.59 Å². The fraction of sp³-hybridized carbons (Fsp3) is 0.312. The van der Waals surface area contributed by atoms with Gasteiger partial charge in [0, 0.05) is 0 Å². The van der Waals surface area contributed by atoms with Crippen LogP contribution < -0.4 is 5.32 Å². The third-order valence-electron chi connectivity index (χ3n) is 2.53. The van der Waals surface area contributed by atoms with Gasteiger partial charge in [0.15, 0.2) is 12.4 Å². The number of carbonyl (C=O) groups is 3. The molecule has 0 saturated carbocycles. The minimum atomic E-state index is -0.663. The van der Waals surface area contributed by atoms with Gasteiger partial charge in [-0.3, -0.25) is 4.79 Å². The first-order valence-electron chi connectivity index (χ1n) is 7.08. The number of carbonyl (C=O) groups excluding carboxylic acids is 3. The summed E-state index contributed by atoms with van der Waals surface area (Å²) in [5.41, 5.74) is -0.643. The van der Waals surface area contributed by atoms with Gasteiger partial charge in [-0.1, -0.05) is 0 Å². The van der Waals surface area contributed by atoms with Gasteiger partial charge in [0.2, 0.25) is 0 Å². The lowest BCUT2D eigenvalue weighted by Gasteiger charge is -2.19. The van der Waals surface area contributed by atoms with Crippen LogP contribution in [0, 0.1) is 0 Å². The van der Waals surface area contributed by atoms with E-state index in [-0.39, 0.29) is 10.6 Å². The number of ether oxygens (including phenoxy) is 2. The van der Waals surface area contributed by atoms with Crippen molar-refractivity contribution in [3.05, 3.63) is 41.2 Å². The topological polar surface area (TPSA) is 94.8 Å². The van der Waals surface area contributed by atoms with E-state index < -0.39 is 30.1 Å². The summed E-state index contributed by atoms with van der Waals surface area (Å²) in [6, 6.07) is 6.19. The molecule has 0 bridgehead atoms. The molecule has 0 aliphatic heterocycles. The van der Waals surface area contributed by atoms with Crippen molar-refractivity contribution in [2.24, 2.45) is 0 Å². The molecule has 0 radical (unpaired) electrons. The minimum Gasteiger partial charge on any atom is -0.459 e. The van der Waals surface area contributed by atoms with Crippen molar-refractivity contribution in [2.45, 2.75) is 26.4 Å². The summed E-state index contributed by atoms with van der Waals surface area (Å²) >= 11 is 1.03. The lowest BCUT2D eigenvalue weighted by molar-refractivity contribution is -0.158. The van der Waals surface area contributed by atoms with E-state index in [0.717, 1.165) is 11.3 Å². The number of furan rings is 1. The molecule has 1 amide bonds. The third kappa shape index (κ3) is 5.24. The Kier molecular flexibility index (Phi) is 5.40. The van der Waals surface area contributed by atoms with Crippen LogP contribution in [0.5, 0.6) is 0 Å². The van der Waals surface area contributed by atoms with E-state index in [1.54, 1.807) is 32.9 Å². The van der Waals surface area contributed by atoms with Gasteiger partial charge in [0.25, 0.3) is 5.91 Å². The normalized spacial score (nSPS) is 11.0. The highest BCUT2D eigenvalue weighted by Crippen LogP contribution is 2.23. The van der Waals surface area contributed by atoms with Crippen LogP contribution in [0.15, 0.2) is 34.9 Å². The average molecular weight is 351 g/mol. The highest BCUT2D eigenvalue weighted by Gasteiger charge is 2.19. The van der Waals surface area contributed by atoms with Crippen molar-refractivity contribution in [1.29, 1.82) is 0 Å². The smallest absolute Gasteiger partial charge is 0.348 e. The van der Waals surface area contributed by atoms with Crippen LogP contribution in [0.4, 0.5) is 5.00 Å². The monoisotopic (exact) mass is 351 g/mol. The van der Waals surface area contributed by atoms with Gasteiger partial charge in [-0.2, -0.15) is 0 Å². The Morgan fingerprint density at radius 1 is 1.21 bits per heavy atom. The highest BCUT2D eigenvalue weighted by atomic mass is 32.1. The van der Waals surface area contributed by atoms with E-state index in [2.05, 4.69) is 5.32 Å². The van der Waals surface area contributed by atoms with E-state index in [9.17, 15) is 14.4 Å². The maximum Gasteiger partial charge on any atom is 0.348 e. The Morgan fingerprint density at radius 2 is 1.96 bits per heavy atom. The molecule has 2 aromatic rings. The van der Waals surface area contributed by atoms with Crippen LogP contribution >= 0.6 is 11.3 Å². The molecule has 0 aliphatic rings. The number of nitrogens with one attached hydrogen (secondary N) is 1. The fourth-order valence-corrected chi connectivity index (χ4v) is 2.46. The van der Waals surface area contributed by atoms with Crippen LogP contribution in [0.3, 0.4) is 0 Å². The lowest BCUT2D eigenvalue weighted by atomic mass is 10.2. The van der Waals surface area contributed by atoms with Crippen LogP contribution in [0.25, 0.3) is 0 Å². The molecule has 2 rings (SSSR count). The van der Waals surface area contributed by atoms with Crippen LogP contribution in [-0.2, 0) is 14.3 Å². The summed E-state index contributed by atoms with van der Waals surface area (Å²) in [4.78, 5) is 35.5. The number of thiophene rings is 1. The lowest BCUT2D eigenvalue weighted by Crippen LogP contribution is -2.27. The zero-order valence-electron chi connectivity index (χ0n) is 13.5. The van der Waals surface area contributed by atoms with Gasteiger partial charge in [-0.15, -0.1) is 11.3 Å². The molecule has 0 aromatic carbocycles. The van der Waals surface area contributed by atoms with Crippen molar-refractivity contribution in [3.63, 3.8) is 0 Å². The van der Waals surface area contributed by atoms with Crippen molar-refractivity contribution < 1.29 is 28.3 Å². The highest BCUT2D eigenvalue weighted by molar-refractivity contribution is 7.18. The summed E-state index contributed by atoms with van der Waals surface area (Å²) in [7, 11) is 0. The molecule has 2 aromatic heterocycles. The van der Waals surface area contributed by atoms with E-state index in [4.69, 9.17) is 13.9 Å². The Balaban J connectivity index is 1.87. The first kappa shape index (κ1) is 17.7. The van der Waals surface area contributed by atoms with Gasteiger partial charge in [-0.05, 0) is 45.0 Å². The predicted octanol–water partition coefficient (Wildman–Crippen LogP) is 3.09. The number of hydrogen-bond acceptors (Lipinski definition) is 7. The molecular weight excluding hydrogens is 334 g/mol. The van der Waals surface area contributed by atoms with Crippen molar-refractivity contribution in [3.8, 4) is 0 Å². The summed E-state index contributed by atoms with van der Waals surface area (Å²) in [6.45, 7) is 4.70. The molecule has 0 saturated heterocycles. The molecule has 128 valence electrons. The van der Waals surface area contributed by atoms with Crippen LogP contribution in [0.1, 0.15) is 41.0 Å². The van der Waals surface area contributed by atoms with E-state index in [0.29, 0.717) is 5.00 Å². The third-order valence-corrected chi connectivity index (χ3v) is 3.51. The summed E-state index contributed by atoms with van der Waals surface area (Å²) < 4.78 is 14.9. The second-order valence-corrected chi connectivity index (χ2v) is 6.84. The van der Waals surface area contributed by atoms with E-state index in [1.165, 1.54) is 18.4 Å². The van der Waals surface area contributed by atoms with Crippen LogP contribution in [0.2, 0.25) is 0 Å². The summed E-state index contributed by atoms with van der Waals surface area (Å²) in [5, 5.41) is 3.06. The quantitative estimate of drug-likeness (QED) is 0.832. The molecule has 0 unspecified atom stereocenters. The number of anilines is 1. The SMILES string of the molecule is CC(C)(C)OC(=O)COC(=O)c1ccc(NC(=O)c2ccco2)s1. The van der Waals surface area contributed by atoms with Crippen molar-refractivity contribution >= 4 is 34.2 Å². The molecule has 1 N–H and O–H groups in total. The number of hydrogen-bond donors (Lipinski definition) is 1. The van der Waals surface area contributed by atoms with E-state index in [1.807, 2.05) is 0 Å². The Labute approximate surface area is 142 Å². The van der Waals surface area contributed by atoms with Gasteiger partial charge >= 0.3 is 11.9 Å². The summed E-state index contributed by atoms with van der Waals surface area (Å²) in [5.74, 6) is -1.55. The predicted molar refractivity (Wildman–Crippen MR) is 87.1 cm³/mol. The number of esters is 2. The molecular formula is C16H17NO6S. The number of rotatable bonds is 5. The molecule has 8 heteroatoms. The Morgan fingerprint density at radius 3 is 2.58 bits per heavy atom. The zero-order valence-corrected chi connectivity index (χ0v) is 14.3. The molecule has 2 heterocycles. The first-order valence-corrected chi connectivity index (χ1v) is 7.90. The second kappa shape index (κ2) is 7.31. The van der Waals surface area contributed by atoms with Gasteiger partial charge in [0.05, 0.1) is 11.3 Å². The standard InChI is InChI=1S/C16H17NO6S/c1-16(2,3)23-13(18)9-22-15(20)11-6-7-12(24-11)17-14(19)10-5-4-8-21-10/h4-8H,9H2,1-3H3,(H,17,19). The molecule has 7 nitrogen and oxygen atoms in total. The fourth-order valence-electron chi connectivity index (χ4n) is 1.66. The summed E-state index contributed by atoms with van der Waals surface area (Å²) in [6.07, 6.45) is 1.39. The molecule has 0 spiro atoms. The molecule has 24 heavy (non-hydrogen) atoms. The van der Waals surface area contributed by atoms with E-state index >= 15 is 0 Å². The molecule has 0 atom stereocenters. The van der Waals surface area contributed by atoms with Gasteiger partial charge < -0.3 is 19.2 Å². The largest absolute Gasteiger partial charge is 0.459 e. The molecule has 0 aliphatic carbocycles. The maximum atomic E-state index is 11.9. The first-order chi connectivity index (χ1) is 11.2. The average Bonchev–Trinajstić information content (AvgIpc) is 3.14. The Hall–Kier alpha value is -2.61. The number of amides is 1. The van der Waals surface area contributed by atoms with Gasteiger partial charge in [0.1, 0.15) is 10.5 Å².